The van der Waals surface area contributed by atoms with Crippen LogP contribution in [0.2, 0.25) is 0 Å². The summed E-state index contributed by atoms with van der Waals surface area (Å²) < 4.78 is 32.5. The second-order valence-electron chi connectivity index (χ2n) is 7.67. The molecule has 0 amide bonds. The molecule has 0 atom stereocenters. The van der Waals surface area contributed by atoms with Crippen molar-refractivity contribution in [2.24, 2.45) is 0 Å². The van der Waals surface area contributed by atoms with Crippen molar-refractivity contribution >= 4 is 15.8 Å². The average Bonchev–Trinajstić information content (AvgIpc) is 2.67. The van der Waals surface area contributed by atoms with Crippen molar-refractivity contribution in [1.29, 1.82) is 0 Å². The maximum Gasteiger partial charge on any atom is 0.124 e. The van der Waals surface area contributed by atoms with Gasteiger partial charge in [-0.05, 0) is 49.9 Å². The Balaban J connectivity index is 0.000000567. The molecule has 0 aliphatic heterocycles. The standard InChI is InChI=1S/C16H36N.C6H7NO3S/c1-5-9-13-17(14-10-6-2,15-11-7-3)16-12-8-4;7-5-1-3-6(4-2-5)11(8,9)10/h5-16H2,1-4H3;1-4H,7H2,(H,8,9,10)/q+1;/p-1. The van der Waals surface area contributed by atoms with E-state index in [2.05, 4.69) is 27.7 Å². The van der Waals surface area contributed by atoms with Crippen molar-refractivity contribution in [2.45, 2.75) is 84.0 Å². The third-order valence-corrected chi connectivity index (χ3v) is 5.96. The Bertz CT molecular complexity index is 563. The maximum atomic E-state index is 10.3. The van der Waals surface area contributed by atoms with Gasteiger partial charge in [-0.3, -0.25) is 0 Å². The highest BCUT2D eigenvalue weighted by Crippen LogP contribution is 2.16. The highest BCUT2D eigenvalue weighted by molar-refractivity contribution is 7.85. The van der Waals surface area contributed by atoms with Crippen LogP contribution in [0, 0.1) is 0 Å². The van der Waals surface area contributed by atoms with E-state index in [1.54, 1.807) is 0 Å². The van der Waals surface area contributed by atoms with Gasteiger partial charge >= 0.3 is 0 Å². The molecule has 0 radical (unpaired) electrons. The van der Waals surface area contributed by atoms with Crippen LogP contribution in [0.1, 0.15) is 79.1 Å². The van der Waals surface area contributed by atoms with E-state index in [-0.39, 0.29) is 4.90 Å². The number of nitrogens with two attached hydrogens (primary N) is 1. The summed E-state index contributed by atoms with van der Waals surface area (Å²) in [6.07, 6.45) is 11.1. The van der Waals surface area contributed by atoms with Crippen LogP contribution in [0.3, 0.4) is 0 Å². The molecule has 164 valence electrons. The molecule has 0 aliphatic rings. The molecule has 2 N–H and O–H groups in total. The third-order valence-electron chi connectivity index (χ3n) is 5.11. The molecule has 0 saturated carbocycles. The minimum absolute atomic E-state index is 0.258. The molecular formula is C22H42N2O3S. The Kier molecular flexibility index (Phi) is 14.2. The lowest BCUT2D eigenvalue weighted by molar-refractivity contribution is -0.929. The van der Waals surface area contributed by atoms with Crippen LogP contribution in [0.4, 0.5) is 5.69 Å². The average molecular weight is 415 g/mol. The second-order valence-corrected chi connectivity index (χ2v) is 9.05. The van der Waals surface area contributed by atoms with E-state index in [0.29, 0.717) is 5.69 Å². The highest BCUT2D eigenvalue weighted by Gasteiger charge is 2.24. The number of hydrogen-bond acceptors (Lipinski definition) is 4. The fraction of sp³-hybridized carbons (Fsp3) is 0.727. The number of rotatable bonds is 13. The molecule has 5 nitrogen and oxygen atoms in total. The van der Waals surface area contributed by atoms with Crippen LogP contribution in [-0.4, -0.2) is 43.6 Å². The fourth-order valence-corrected chi connectivity index (χ4v) is 3.75. The number of nitrogen functional groups attached to an aromatic ring is 1. The summed E-state index contributed by atoms with van der Waals surface area (Å²) in [6, 6.07) is 5.09. The quantitative estimate of drug-likeness (QED) is 0.274. The Labute approximate surface area is 173 Å². The minimum atomic E-state index is -4.33. The predicted octanol–water partition coefficient (Wildman–Crippen LogP) is 5.18. The zero-order valence-electron chi connectivity index (χ0n) is 18.5. The summed E-state index contributed by atoms with van der Waals surface area (Å²) in [7, 11) is -4.33. The molecule has 1 aromatic rings. The molecule has 6 heteroatoms. The first-order chi connectivity index (χ1) is 13.2. The van der Waals surface area contributed by atoms with Gasteiger partial charge in [0.15, 0.2) is 0 Å². The largest absolute Gasteiger partial charge is 0.744 e. The molecule has 0 fully saturated rings. The lowest BCUT2D eigenvalue weighted by Crippen LogP contribution is -2.50. The Hall–Kier alpha value is -1.11. The van der Waals surface area contributed by atoms with Crippen LogP contribution in [0.5, 0.6) is 0 Å². The second kappa shape index (κ2) is 14.8. The van der Waals surface area contributed by atoms with E-state index in [1.165, 1.54) is 106 Å². The first-order valence-corrected chi connectivity index (χ1v) is 12.3. The lowest BCUT2D eigenvalue weighted by Gasteiger charge is -2.39. The van der Waals surface area contributed by atoms with Gasteiger partial charge in [0, 0.05) is 5.69 Å². The zero-order valence-corrected chi connectivity index (χ0v) is 19.3. The summed E-state index contributed by atoms with van der Waals surface area (Å²) in [5, 5.41) is 0. The summed E-state index contributed by atoms with van der Waals surface area (Å²) >= 11 is 0. The molecule has 0 bridgehead atoms. The SMILES string of the molecule is CCCC[N+](CCCC)(CCCC)CCCC.Nc1ccc(S(=O)(=O)[O-])cc1. The van der Waals surface area contributed by atoms with Gasteiger partial charge in [0.1, 0.15) is 10.1 Å². The molecule has 0 aromatic heterocycles. The predicted molar refractivity (Wildman–Crippen MR) is 118 cm³/mol. The maximum absolute atomic E-state index is 10.3. The van der Waals surface area contributed by atoms with Gasteiger partial charge in [0.05, 0.1) is 31.1 Å². The molecule has 0 heterocycles. The molecular weight excluding hydrogens is 372 g/mol. The van der Waals surface area contributed by atoms with Crippen molar-refractivity contribution in [2.75, 3.05) is 31.9 Å². The number of anilines is 1. The van der Waals surface area contributed by atoms with Gasteiger partial charge in [-0.1, -0.05) is 53.4 Å². The fourth-order valence-electron chi connectivity index (χ4n) is 3.28. The summed E-state index contributed by atoms with van der Waals surface area (Å²) in [5.74, 6) is 0. The molecule has 0 aliphatic carbocycles. The third kappa shape index (κ3) is 11.7. The Morgan fingerprint density at radius 2 is 1.07 bits per heavy atom. The van der Waals surface area contributed by atoms with Crippen LogP contribution < -0.4 is 5.73 Å². The normalized spacial score (nSPS) is 11.8. The van der Waals surface area contributed by atoms with Gasteiger partial charge in [0.25, 0.3) is 0 Å². The minimum Gasteiger partial charge on any atom is -0.744 e. The van der Waals surface area contributed by atoms with Crippen LogP contribution in [0.15, 0.2) is 29.2 Å². The number of hydrogen-bond donors (Lipinski definition) is 1. The zero-order chi connectivity index (χ0) is 21.5. The first kappa shape index (κ1) is 26.9. The van der Waals surface area contributed by atoms with Gasteiger partial charge < -0.3 is 14.8 Å². The Morgan fingerprint density at radius 3 is 1.32 bits per heavy atom. The van der Waals surface area contributed by atoms with Crippen LogP contribution in [0.25, 0.3) is 0 Å². The van der Waals surface area contributed by atoms with E-state index in [9.17, 15) is 13.0 Å². The van der Waals surface area contributed by atoms with Crippen molar-refractivity contribution < 1.29 is 17.5 Å². The molecule has 0 spiro atoms. The van der Waals surface area contributed by atoms with Crippen molar-refractivity contribution in [3.05, 3.63) is 24.3 Å². The summed E-state index contributed by atoms with van der Waals surface area (Å²) in [5.41, 5.74) is 5.70. The number of benzene rings is 1. The van der Waals surface area contributed by atoms with Crippen LogP contribution in [-0.2, 0) is 10.1 Å². The van der Waals surface area contributed by atoms with E-state index in [4.69, 9.17) is 5.73 Å². The Morgan fingerprint density at radius 1 is 0.750 bits per heavy atom. The van der Waals surface area contributed by atoms with Gasteiger partial charge in [-0.15, -0.1) is 0 Å². The number of nitrogens with zero attached hydrogens (tertiary/aromatic N) is 1. The number of quaternary nitrogens is 1. The highest BCUT2D eigenvalue weighted by atomic mass is 32.2. The molecule has 1 rings (SSSR count). The summed E-state index contributed by atoms with van der Waals surface area (Å²) in [6.45, 7) is 15.0. The molecule has 0 saturated heterocycles. The van der Waals surface area contributed by atoms with Crippen LogP contribution >= 0.6 is 0 Å². The van der Waals surface area contributed by atoms with Gasteiger partial charge in [-0.25, -0.2) is 8.42 Å². The smallest absolute Gasteiger partial charge is 0.124 e. The lowest BCUT2D eigenvalue weighted by atomic mass is 10.1. The van der Waals surface area contributed by atoms with Crippen molar-refractivity contribution in [3.63, 3.8) is 0 Å². The molecule has 28 heavy (non-hydrogen) atoms. The van der Waals surface area contributed by atoms with Crippen molar-refractivity contribution in [1.82, 2.24) is 0 Å². The van der Waals surface area contributed by atoms with Gasteiger partial charge in [-0.2, -0.15) is 0 Å². The van der Waals surface area contributed by atoms with Crippen molar-refractivity contribution in [3.8, 4) is 0 Å². The van der Waals surface area contributed by atoms with E-state index >= 15 is 0 Å². The summed E-state index contributed by atoms with van der Waals surface area (Å²) in [4.78, 5) is -0.258. The van der Waals surface area contributed by atoms with E-state index in [0.717, 1.165) is 0 Å². The molecule has 0 unspecified atom stereocenters. The first-order valence-electron chi connectivity index (χ1n) is 10.9. The van der Waals surface area contributed by atoms with Gasteiger partial charge in [0.2, 0.25) is 0 Å². The molecule has 1 aromatic carbocycles. The van der Waals surface area contributed by atoms with E-state index in [1.807, 2.05) is 0 Å². The number of unbranched alkanes of at least 4 members (excludes halogenated alkanes) is 4. The topological polar surface area (TPSA) is 83.2 Å². The monoisotopic (exact) mass is 414 g/mol. The van der Waals surface area contributed by atoms with E-state index < -0.39 is 10.1 Å².